The van der Waals surface area contributed by atoms with Crippen molar-refractivity contribution < 1.29 is 17.6 Å². The van der Waals surface area contributed by atoms with Crippen LogP contribution in [-0.4, -0.2) is 41.5 Å². The number of Topliss-reactive ketones (excluding diaryl/α,β-unsaturated/α-hetero) is 1. The lowest BCUT2D eigenvalue weighted by molar-refractivity contribution is -0.116. The number of benzene rings is 2. The molecule has 0 amide bonds. The number of carbonyl (C=O) groups is 1. The summed E-state index contributed by atoms with van der Waals surface area (Å²) in [6, 6.07) is 10.6. The molecule has 0 atom stereocenters. The van der Waals surface area contributed by atoms with Gasteiger partial charge in [0.05, 0.1) is 11.4 Å². The average Bonchev–Trinajstić information content (AvgIpc) is 3.11. The standard InChI is InChI=1S/C18H18FN5O3S/c1-12(25)9-13-7-8-15(28(26,27)20-2)10-16(13)18-21-23-24(22-18)11-14-5-3-4-6-17(14)19/h3-8,10,20H,9,11H2,1-2H3. The maximum atomic E-state index is 13.8. The molecule has 0 saturated carbocycles. The molecule has 8 nitrogen and oxygen atoms in total. The smallest absolute Gasteiger partial charge is 0.240 e. The molecule has 0 unspecified atom stereocenters. The van der Waals surface area contributed by atoms with Crippen LogP contribution in [0.15, 0.2) is 47.4 Å². The van der Waals surface area contributed by atoms with Crippen LogP contribution in [0.1, 0.15) is 18.1 Å². The third-order valence-corrected chi connectivity index (χ3v) is 5.48. The Balaban J connectivity index is 2.02. The van der Waals surface area contributed by atoms with Crippen molar-refractivity contribution in [3.8, 4) is 11.4 Å². The molecule has 0 aliphatic carbocycles. The highest BCUT2D eigenvalue weighted by molar-refractivity contribution is 7.89. The van der Waals surface area contributed by atoms with Gasteiger partial charge in [-0.3, -0.25) is 4.79 Å². The maximum Gasteiger partial charge on any atom is 0.240 e. The number of carbonyl (C=O) groups excluding carboxylic acids is 1. The zero-order valence-electron chi connectivity index (χ0n) is 15.3. The summed E-state index contributed by atoms with van der Waals surface area (Å²) in [5.74, 6) is -0.328. The largest absolute Gasteiger partial charge is 0.300 e. The van der Waals surface area contributed by atoms with Gasteiger partial charge in [-0.1, -0.05) is 24.3 Å². The lowest BCUT2D eigenvalue weighted by atomic mass is 10.0. The molecular weight excluding hydrogens is 385 g/mol. The topological polar surface area (TPSA) is 107 Å². The highest BCUT2D eigenvalue weighted by atomic mass is 32.2. The van der Waals surface area contributed by atoms with Crippen LogP contribution in [0.5, 0.6) is 0 Å². The fraction of sp³-hybridized carbons (Fsp3) is 0.222. The molecule has 0 saturated heterocycles. The Morgan fingerprint density at radius 1 is 1.18 bits per heavy atom. The number of nitrogens with zero attached hydrogens (tertiary/aromatic N) is 4. The van der Waals surface area contributed by atoms with Crippen molar-refractivity contribution in [2.24, 2.45) is 0 Å². The van der Waals surface area contributed by atoms with E-state index in [1.165, 1.54) is 37.0 Å². The Labute approximate surface area is 161 Å². The van der Waals surface area contributed by atoms with Crippen molar-refractivity contribution in [3.05, 3.63) is 59.4 Å². The number of ketones is 1. The summed E-state index contributed by atoms with van der Waals surface area (Å²) in [5, 5.41) is 12.1. The number of sulfonamides is 1. The highest BCUT2D eigenvalue weighted by Gasteiger charge is 2.18. The van der Waals surface area contributed by atoms with Crippen LogP contribution in [-0.2, 0) is 27.8 Å². The number of tetrazole rings is 1. The number of hydrogen-bond donors (Lipinski definition) is 1. The summed E-state index contributed by atoms with van der Waals surface area (Å²) in [5.41, 5.74) is 1.35. The Bertz CT molecular complexity index is 1130. The summed E-state index contributed by atoms with van der Waals surface area (Å²) in [6.45, 7) is 1.50. The molecule has 0 spiro atoms. The fourth-order valence-electron chi connectivity index (χ4n) is 2.67. The molecule has 1 aromatic heterocycles. The van der Waals surface area contributed by atoms with Crippen LogP contribution in [0, 0.1) is 5.82 Å². The number of hydrogen-bond acceptors (Lipinski definition) is 6. The minimum absolute atomic E-state index is 0.0164. The van der Waals surface area contributed by atoms with E-state index in [4.69, 9.17) is 0 Å². The van der Waals surface area contributed by atoms with Gasteiger partial charge in [0, 0.05) is 17.5 Å². The molecule has 0 bridgehead atoms. The van der Waals surface area contributed by atoms with Crippen LogP contribution < -0.4 is 4.72 Å². The summed E-state index contributed by atoms with van der Waals surface area (Å²) in [4.78, 5) is 12.8. The molecule has 3 rings (SSSR count). The van der Waals surface area contributed by atoms with E-state index in [9.17, 15) is 17.6 Å². The van der Waals surface area contributed by atoms with Crippen LogP contribution in [0.25, 0.3) is 11.4 Å². The van der Waals surface area contributed by atoms with Crippen molar-refractivity contribution >= 4 is 15.8 Å². The van der Waals surface area contributed by atoms with E-state index in [0.717, 1.165) is 0 Å². The molecule has 1 N–H and O–H groups in total. The van der Waals surface area contributed by atoms with Gasteiger partial charge in [-0.05, 0) is 42.9 Å². The maximum absolute atomic E-state index is 13.8. The van der Waals surface area contributed by atoms with Gasteiger partial charge in [0.15, 0.2) is 0 Å². The van der Waals surface area contributed by atoms with Gasteiger partial charge in [-0.2, -0.15) is 4.80 Å². The average molecular weight is 403 g/mol. The summed E-state index contributed by atoms with van der Waals surface area (Å²) in [7, 11) is -2.38. The lowest BCUT2D eigenvalue weighted by Crippen LogP contribution is -2.18. The molecule has 0 fully saturated rings. The monoisotopic (exact) mass is 403 g/mol. The van der Waals surface area contributed by atoms with Crippen molar-refractivity contribution in [3.63, 3.8) is 0 Å². The van der Waals surface area contributed by atoms with Gasteiger partial charge >= 0.3 is 0 Å². The van der Waals surface area contributed by atoms with Gasteiger partial charge in [0.1, 0.15) is 11.6 Å². The Kier molecular flexibility index (Phi) is 5.61. The van der Waals surface area contributed by atoms with Crippen molar-refractivity contribution in [1.29, 1.82) is 0 Å². The zero-order chi connectivity index (χ0) is 20.3. The van der Waals surface area contributed by atoms with Crippen molar-refractivity contribution in [1.82, 2.24) is 24.9 Å². The Morgan fingerprint density at radius 3 is 2.61 bits per heavy atom. The van der Waals surface area contributed by atoms with E-state index in [0.29, 0.717) is 16.7 Å². The zero-order valence-corrected chi connectivity index (χ0v) is 16.1. The van der Waals surface area contributed by atoms with E-state index in [2.05, 4.69) is 20.1 Å². The predicted molar refractivity (Wildman–Crippen MR) is 99.4 cm³/mol. The number of nitrogens with one attached hydrogen (secondary N) is 1. The Morgan fingerprint density at radius 2 is 1.93 bits per heavy atom. The number of aromatic nitrogens is 4. The molecule has 0 radical (unpaired) electrons. The van der Waals surface area contributed by atoms with Gasteiger partial charge in [-0.15, -0.1) is 10.2 Å². The first-order valence-electron chi connectivity index (χ1n) is 8.37. The van der Waals surface area contributed by atoms with Crippen molar-refractivity contribution in [2.45, 2.75) is 24.8 Å². The minimum atomic E-state index is -3.69. The summed E-state index contributed by atoms with van der Waals surface area (Å²) < 4.78 is 40.3. The molecule has 1 heterocycles. The second-order valence-electron chi connectivity index (χ2n) is 6.14. The summed E-state index contributed by atoms with van der Waals surface area (Å²) in [6.07, 6.45) is 0.0943. The lowest BCUT2D eigenvalue weighted by Gasteiger charge is -2.08. The molecule has 10 heteroatoms. The normalized spacial score (nSPS) is 11.5. The van der Waals surface area contributed by atoms with Crippen molar-refractivity contribution in [2.75, 3.05) is 7.05 Å². The third kappa shape index (κ3) is 4.29. The first-order valence-corrected chi connectivity index (χ1v) is 9.86. The molecule has 3 aromatic rings. The predicted octanol–water partition coefficient (Wildman–Crippen LogP) is 1.57. The quantitative estimate of drug-likeness (QED) is 0.642. The second kappa shape index (κ2) is 7.95. The minimum Gasteiger partial charge on any atom is -0.300 e. The molecule has 28 heavy (non-hydrogen) atoms. The molecular formula is C18H18FN5O3S. The Hall–Kier alpha value is -2.98. The first-order chi connectivity index (χ1) is 13.3. The van der Waals surface area contributed by atoms with Crippen LogP contribution in [0.3, 0.4) is 0 Å². The van der Waals surface area contributed by atoms with E-state index in [1.807, 2.05) is 0 Å². The van der Waals surface area contributed by atoms with E-state index in [1.54, 1.807) is 24.3 Å². The van der Waals surface area contributed by atoms with E-state index >= 15 is 0 Å². The van der Waals surface area contributed by atoms with Crippen LogP contribution in [0.2, 0.25) is 0 Å². The number of halogens is 1. The second-order valence-corrected chi connectivity index (χ2v) is 8.03. The molecule has 0 aliphatic heterocycles. The van der Waals surface area contributed by atoms with E-state index < -0.39 is 10.0 Å². The summed E-state index contributed by atoms with van der Waals surface area (Å²) >= 11 is 0. The first kappa shape index (κ1) is 19.8. The number of rotatable bonds is 7. The molecule has 146 valence electrons. The van der Waals surface area contributed by atoms with Crippen LogP contribution >= 0.6 is 0 Å². The van der Waals surface area contributed by atoms with Gasteiger partial charge in [0.25, 0.3) is 0 Å². The highest BCUT2D eigenvalue weighted by Crippen LogP contribution is 2.24. The fourth-order valence-corrected chi connectivity index (χ4v) is 3.42. The van der Waals surface area contributed by atoms with Gasteiger partial charge in [-0.25, -0.2) is 17.5 Å². The van der Waals surface area contributed by atoms with Crippen LogP contribution in [0.4, 0.5) is 4.39 Å². The SMILES string of the molecule is CNS(=O)(=O)c1ccc(CC(C)=O)c(-c2nnn(Cc3ccccc3F)n2)c1. The third-order valence-electron chi connectivity index (χ3n) is 4.06. The molecule has 0 aliphatic rings. The molecule has 2 aromatic carbocycles. The van der Waals surface area contributed by atoms with Gasteiger partial charge < -0.3 is 0 Å². The van der Waals surface area contributed by atoms with E-state index in [-0.39, 0.29) is 35.3 Å². The van der Waals surface area contributed by atoms with Gasteiger partial charge in [0.2, 0.25) is 15.8 Å².